The minimum Gasteiger partial charge on any atom is -0.465 e. The zero-order chi connectivity index (χ0) is 9.07. The summed E-state index contributed by atoms with van der Waals surface area (Å²) in [5.41, 5.74) is 4.48. The van der Waals surface area contributed by atoms with Crippen LogP contribution in [0.2, 0.25) is 0 Å². The molecule has 0 saturated carbocycles. The van der Waals surface area contributed by atoms with Gasteiger partial charge < -0.3 is 10.5 Å². The van der Waals surface area contributed by atoms with Crippen molar-refractivity contribution in [1.29, 1.82) is 0 Å². The average molecular weight is 171 g/mol. The quantitative estimate of drug-likeness (QED) is 0.613. The van der Waals surface area contributed by atoms with Crippen molar-refractivity contribution in [3.05, 3.63) is 0 Å². The van der Waals surface area contributed by atoms with Crippen LogP contribution in [0, 0.1) is 0 Å². The van der Waals surface area contributed by atoms with Gasteiger partial charge in [-0.15, -0.1) is 0 Å². The first kappa shape index (κ1) is 10.2. The van der Waals surface area contributed by atoms with Gasteiger partial charge in [0.15, 0.2) is 6.04 Å². The van der Waals surface area contributed by atoms with E-state index >= 15 is 0 Å². The Labute approximate surface area is 61.3 Å². The van der Waals surface area contributed by atoms with E-state index in [2.05, 4.69) is 10.5 Å². The first-order valence-electron chi connectivity index (χ1n) is 2.88. The summed E-state index contributed by atoms with van der Waals surface area (Å²) >= 11 is 0. The highest BCUT2D eigenvalue weighted by Gasteiger charge is 2.42. The van der Waals surface area contributed by atoms with Crippen LogP contribution in [0.3, 0.4) is 0 Å². The van der Waals surface area contributed by atoms with E-state index in [1.165, 1.54) is 6.92 Å². The number of hydrogen-bond donors (Lipinski definition) is 1. The van der Waals surface area contributed by atoms with Crippen molar-refractivity contribution in [2.75, 3.05) is 6.61 Å². The molecule has 0 aromatic heterocycles. The van der Waals surface area contributed by atoms with E-state index in [4.69, 9.17) is 0 Å². The topological polar surface area (TPSA) is 52.3 Å². The monoisotopic (exact) mass is 171 g/mol. The van der Waals surface area contributed by atoms with Crippen molar-refractivity contribution in [1.82, 2.24) is 0 Å². The number of ether oxygens (including phenoxy) is 1. The highest BCUT2D eigenvalue weighted by molar-refractivity contribution is 5.76. The number of nitrogens with two attached hydrogens (primary N) is 1. The normalized spacial score (nSPS) is 14.3. The Balaban J connectivity index is 4.03. The summed E-state index contributed by atoms with van der Waals surface area (Å²) in [6.07, 6.45) is -4.72. The van der Waals surface area contributed by atoms with Gasteiger partial charge >= 0.3 is 12.1 Å². The molecule has 0 heterocycles. The molecule has 1 atom stereocenters. The third-order valence-electron chi connectivity index (χ3n) is 0.893. The Kier molecular flexibility index (Phi) is 3.31. The van der Waals surface area contributed by atoms with Gasteiger partial charge in [-0.25, -0.2) is 0 Å². The number of carbonyl (C=O) groups excluding carboxylic acids is 1. The van der Waals surface area contributed by atoms with Crippen LogP contribution in [0.25, 0.3) is 0 Å². The predicted octanol–water partition coefficient (Wildman–Crippen LogP) is 0.439. The van der Waals surface area contributed by atoms with Gasteiger partial charge in [-0.05, 0) is 6.92 Å². The lowest BCUT2D eigenvalue weighted by Crippen LogP contribution is -2.45. The highest BCUT2D eigenvalue weighted by atomic mass is 19.4. The predicted molar refractivity (Wildman–Crippen MR) is 30.7 cm³/mol. The smallest absolute Gasteiger partial charge is 0.414 e. The van der Waals surface area contributed by atoms with E-state index in [9.17, 15) is 18.0 Å². The fraction of sp³-hybridized carbons (Fsp3) is 0.800. The SMILES string of the molecule is CCOC(=O)[C@H](N)C(F)(F)F. The number of alkyl halides is 3. The molecule has 0 aliphatic heterocycles. The van der Waals surface area contributed by atoms with Gasteiger partial charge in [0.2, 0.25) is 0 Å². The number of rotatable bonds is 2. The van der Waals surface area contributed by atoms with Gasteiger partial charge in [-0.1, -0.05) is 0 Å². The molecular formula is C5H8F3NO2. The van der Waals surface area contributed by atoms with Gasteiger partial charge in [0.05, 0.1) is 6.61 Å². The molecule has 6 heteroatoms. The summed E-state index contributed by atoms with van der Waals surface area (Å²) in [6.45, 7) is 1.30. The van der Waals surface area contributed by atoms with Gasteiger partial charge in [0.25, 0.3) is 0 Å². The lowest BCUT2D eigenvalue weighted by Gasteiger charge is -2.13. The van der Waals surface area contributed by atoms with Crippen LogP contribution in [-0.2, 0) is 9.53 Å². The molecule has 0 rings (SSSR count). The molecule has 0 spiro atoms. The van der Waals surface area contributed by atoms with Crippen molar-refractivity contribution >= 4 is 5.97 Å². The van der Waals surface area contributed by atoms with Crippen molar-refractivity contribution in [3.63, 3.8) is 0 Å². The molecule has 0 amide bonds. The Bertz CT molecular complexity index is 145. The van der Waals surface area contributed by atoms with Gasteiger partial charge in [-0.2, -0.15) is 13.2 Å². The lowest BCUT2D eigenvalue weighted by atomic mass is 10.3. The van der Waals surface area contributed by atoms with E-state index in [1.807, 2.05) is 0 Å². The summed E-state index contributed by atoms with van der Waals surface area (Å²) in [5, 5.41) is 0. The third-order valence-corrected chi connectivity index (χ3v) is 0.893. The Morgan fingerprint density at radius 3 is 2.36 bits per heavy atom. The molecular weight excluding hydrogens is 163 g/mol. The van der Waals surface area contributed by atoms with Crippen LogP contribution in [0.5, 0.6) is 0 Å². The number of halogens is 3. The first-order chi connectivity index (χ1) is 4.89. The maximum absolute atomic E-state index is 11.6. The maximum atomic E-state index is 11.6. The number of esters is 1. The van der Waals surface area contributed by atoms with Gasteiger partial charge in [0.1, 0.15) is 0 Å². The van der Waals surface area contributed by atoms with Crippen LogP contribution in [0.1, 0.15) is 6.92 Å². The van der Waals surface area contributed by atoms with Crippen LogP contribution >= 0.6 is 0 Å². The van der Waals surface area contributed by atoms with Crippen molar-refractivity contribution < 1.29 is 22.7 Å². The molecule has 66 valence electrons. The molecule has 0 aliphatic rings. The van der Waals surface area contributed by atoms with Crippen LogP contribution in [0.4, 0.5) is 13.2 Å². The highest BCUT2D eigenvalue weighted by Crippen LogP contribution is 2.18. The number of hydrogen-bond acceptors (Lipinski definition) is 3. The summed E-state index contributed by atoms with van der Waals surface area (Å²) in [6, 6.07) is -2.53. The molecule has 0 saturated heterocycles. The van der Waals surface area contributed by atoms with Crippen LogP contribution < -0.4 is 5.73 Å². The number of carbonyl (C=O) groups is 1. The Hall–Kier alpha value is -0.780. The Morgan fingerprint density at radius 2 is 2.09 bits per heavy atom. The third kappa shape index (κ3) is 3.22. The lowest BCUT2D eigenvalue weighted by molar-refractivity contribution is -0.178. The fourth-order valence-corrected chi connectivity index (χ4v) is 0.366. The average Bonchev–Trinajstić information content (AvgIpc) is 1.85. The standard InChI is InChI=1S/C5H8F3NO2/c1-2-11-4(10)3(9)5(6,7)8/h3H,2,9H2,1H3/t3-/m0/s1. The summed E-state index contributed by atoms with van der Waals surface area (Å²) in [7, 11) is 0. The van der Waals surface area contributed by atoms with E-state index in [1.54, 1.807) is 0 Å². The molecule has 3 nitrogen and oxygen atoms in total. The Morgan fingerprint density at radius 1 is 1.64 bits per heavy atom. The van der Waals surface area contributed by atoms with Crippen LogP contribution in [-0.4, -0.2) is 24.8 Å². The zero-order valence-corrected chi connectivity index (χ0v) is 5.81. The zero-order valence-electron chi connectivity index (χ0n) is 5.81. The van der Waals surface area contributed by atoms with Gasteiger partial charge in [-0.3, -0.25) is 4.79 Å². The molecule has 0 unspecified atom stereocenters. The summed E-state index contributed by atoms with van der Waals surface area (Å²) in [5.74, 6) is -1.44. The van der Waals surface area contributed by atoms with E-state index in [0.29, 0.717) is 0 Å². The van der Waals surface area contributed by atoms with E-state index < -0.39 is 18.2 Å². The van der Waals surface area contributed by atoms with Gasteiger partial charge in [0, 0.05) is 0 Å². The molecule has 2 N–H and O–H groups in total. The second kappa shape index (κ2) is 3.56. The molecule has 0 fully saturated rings. The molecule has 11 heavy (non-hydrogen) atoms. The minimum absolute atomic E-state index is 0.109. The van der Waals surface area contributed by atoms with E-state index in [0.717, 1.165) is 0 Å². The second-order valence-corrected chi connectivity index (χ2v) is 1.77. The summed E-state index contributed by atoms with van der Waals surface area (Å²) < 4.78 is 38.8. The molecule has 0 bridgehead atoms. The van der Waals surface area contributed by atoms with Crippen molar-refractivity contribution in [2.24, 2.45) is 5.73 Å². The first-order valence-corrected chi connectivity index (χ1v) is 2.88. The molecule has 0 aliphatic carbocycles. The maximum Gasteiger partial charge on any atom is 0.414 e. The van der Waals surface area contributed by atoms with E-state index in [-0.39, 0.29) is 6.61 Å². The minimum atomic E-state index is -4.72. The molecule has 0 aromatic carbocycles. The van der Waals surface area contributed by atoms with Crippen LogP contribution in [0.15, 0.2) is 0 Å². The summed E-state index contributed by atoms with van der Waals surface area (Å²) in [4.78, 5) is 10.3. The fourth-order valence-electron chi connectivity index (χ4n) is 0.366. The second-order valence-electron chi connectivity index (χ2n) is 1.77. The van der Waals surface area contributed by atoms with Crippen molar-refractivity contribution in [3.8, 4) is 0 Å². The molecule has 0 aromatic rings. The molecule has 0 radical (unpaired) electrons. The largest absolute Gasteiger partial charge is 0.465 e. The van der Waals surface area contributed by atoms with Crippen molar-refractivity contribution in [2.45, 2.75) is 19.1 Å².